The average molecular weight is 232 g/mol. The van der Waals surface area contributed by atoms with E-state index in [1.165, 1.54) is 49.8 Å². The van der Waals surface area contributed by atoms with E-state index in [0.29, 0.717) is 0 Å². The van der Waals surface area contributed by atoms with Crippen molar-refractivity contribution in [3.05, 3.63) is 29.6 Å². The summed E-state index contributed by atoms with van der Waals surface area (Å²) >= 11 is 0. The molecule has 1 heterocycles. The van der Waals surface area contributed by atoms with Gasteiger partial charge in [-0.3, -0.25) is 4.98 Å². The lowest BCUT2D eigenvalue weighted by Gasteiger charge is -2.24. The summed E-state index contributed by atoms with van der Waals surface area (Å²) in [6.45, 7) is 2.12. The third kappa shape index (κ3) is 3.81. The minimum atomic E-state index is 0.284. The smallest absolute Gasteiger partial charge is 0.0448 e. The van der Waals surface area contributed by atoms with Gasteiger partial charge in [-0.05, 0) is 30.9 Å². The van der Waals surface area contributed by atoms with Crippen LogP contribution in [0.3, 0.4) is 0 Å². The van der Waals surface area contributed by atoms with Gasteiger partial charge in [-0.1, -0.05) is 38.2 Å². The van der Waals surface area contributed by atoms with Crippen LogP contribution in [-0.4, -0.2) is 11.0 Å². The van der Waals surface area contributed by atoms with E-state index in [2.05, 4.69) is 18.0 Å². The van der Waals surface area contributed by atoms with Crippen LogP contribution in [0.2, 0.25) is 0 Å². The molecule has 0 aliphatic heterocycles. The molecule has 1 atom stereocenters. The van der Waals surface area contributed by atoms with Crippen LogP contribution < -0.4 is 5.73 Å². The van der Waals surface area contributed by atoms with E-state index < -0.39 is 0 Å². The minimum Gasteiger partial charge on any atom is -0.327 e. The van der Waals surface area contributed by atoms with Gasteiger partial charge in [-0.25, -0.2) is 0 Å². The fraction of sp³-hybridized carbons (Fsp3) is 0.667. The number of hydrogen-bond donors (Lipinski definition) is 1. The lowest BCUT2D eigenvalue weighted by Crippen LogP contribution is -2.27. The summed E-state index contributed by atoms with van der Waals surface area (Å²) in [5.74, 6) is 0.864. The normalized spacial score (nSPS) is 19.2. The first-order valence-corrected chi connectivity index (χ1v) is 6.92. The number of aryl methyl sites for hydroxylation is 1. The molecule has 1 aliphatic carbocycles. The molecular formula is C15H24N2. The highest BCUT2D eigenvalue weighted by molar-refractivity contribution is 5.18. The molecule has 2 rings (SSSR count). The topological polar surface area (TPSA) is 38.9 Å². The lowest BCUT2D eigenvalue weighted by atomic mass is 9.84. The van der Waals surface area contributed by atoms with Crippen molar-refractivity contribution in [2.45, 2.75) is 57.9 Å². The summed E-state index contributed by atoms with van der Waals surface area (Å²) in [6.07, 6.45) is 11.0. The molecular weight excluding hydrogens is 208 g/mol. The first-order chi connectivity index (χ1) is 8.25. The van der Waals surface area contributed by atoms with Crippen LogP contribution in [0.5, 0.6) is 0 Å². The molecule has 2 N–H and O–H groups in total. The number of pyridine rings is 1. The molecule has 0 bridgehead atoms. The first kappa shape index (κ1) is 12.6. The quantitative estimate of drug-likeness (QED) is 0.865. The van der Waals surface area contributed by atoms with Gasteiger partial charge in [-0.2, -0.15) is 0 Å². The lowest BCUT2D eigenvalue weighted by molar-refractivity contribution is 0.316. The monoisotopic (exact) mass is 232 g/mol. The maximum absolute atomic E-state index is 6.27. The molecule has 2 heteroatoms. The van der Waals surface area contributed by atoms with E-state index in [1.54, 1.807) is 0 Å². The summed E-state index contributed by atoms with van der Waals surface area (Å²) in [5, 5.41) is 0. The summed E-state index contributed by atoms with van der Waals surface area (Å²) in [4.78, 5) is 4.43. The molecule has 0 aromatic carbocycles. The van der Waals surface area contributed by atoms with Crippen molar-refractivity contribution in [3.63, 3.8) is 0 Å². The zero-order valence-electron chi connectivity index (χ0n) is 10.9. The van der Waals surface area contributed by atoms with Gasteiger partial charge >= 0.3 is 0 Å². The Morgan fingerprint density at radius 2 is 2.12 bits per heavy atom. The van der Waals surface area contributed by atoms with E-state index in [1.807, 2.05) is 12.3 Å². The zero-order chi connectivity index (χ0) is 12.1. The molecule has 0 saturated heterocycles. The highest BCUT2D eigenvalue weighted by Crippen LogP contribution is 2.27. The van der Waals surface area contributed by atoms with E-state index in [4.69, 9.17) is 5.73 Å². The highest BCUT2D eigenvalue weighted by Gasteiger charge is 2.17. The molecule has 0 amide bonds. The molecule has 1 fully saturated rings. The van der Waals surface area contributed by atoms with Crippen LogP contribution in [0.25, 0.3) is 0 Å². The van der Waals surface area contributed by atoms with Gasteiger partial charge in [0.2, 0.25) is 0 Å². The van der Waals surface area contributed by atoms with Crippen molar-refractivity contribution in [3.8, 4) is 0 Å². The molecule has 17 heavy (non-hydrogen) atoms. The molecule has 2 nitrogen and oxygen atoms in total. The van der Waals surface area contributed by atoms with Crippen molar-refractivity contribution >= 4 is 0 Å². The SMILES string of the molecule is Cc1cccnc1CC(N)CC1CCCCC1. The Hall–Kier alpha value is -0.890. The fourth-order valence-electron chi connectivity index (χ4n) is 2.91. The number of hydrogen-bond acceptors (Lipinski definition) is 2. The number of nitrogens with two attached hydrogens (primary N) is 1. The Balaban J connectivity index is 1.84. The second-order valence-electron chi connectivity index (χ2n) is 5.47. The first-order valence-electron chi connectivity index (χ1n) is 6.92. The summed E-state index contributed by atoms with van der Waals surface area (Å²) < 4.78 is 0. The van der Waals surface area contributed by atoms with Crippen molar-refractivity contribution in [2.75, 3.05) is 0 Å². The largest absolute Gasteiger partial charge is 0.327 e. The summed E-state index contributed by atoms with van der Waals surface area (Å²) in [6, 6.07) is 4.40. The zero-order valence-corrected chi connectivity index (χ0v) is 10.9. The molecule has 1 saturated carbocycles. The highest BCUT2D eigenvalue weighted by atomic mass is 14.7. The van der Waals surface area contributed by atoms with Crippen LogP contribution >= 0.6 is 0 Å². The van der Waals surface area contributed by atoms with E-state index in [0.717, 1.165) is 12.3 Å². The number of nitrogens with zero attached hydrogens (tertiary/aromatic N) is 1. The molecule has 94 valence electrons. The molecule has 1 aromatic heterocycles. The van der Waals surface area contributed by atoms with Crippen LogP contribution in [0.15, 0.2) is 18.3 Å². The van der Waals surface area contributed by atoms with Gasteiger partial charge in [0, 0.05) is 24.4 Å². The van der Waals surface area contributed by atoms with Crippen molar-refractivity contribution in [1.82, 2.24) is 4.98 Å². The number of aromatic nitrogens is 1. The Kier molecular flexibility index (Phi) is 4.55. The third-order valence-corrected chi connectivity index (χ3v) is 3.93. The van der Waals surface area contributed by atoms with E-state index in [9.17, 15) is 0 Å². The van der Waals surface area contributed by atoms with Gasteiger partial charge in [-0.15, -0.1) is 0 Å². The molecule has 1 aliphatic rings. The van der Waals surface area contributed by atoms with Crippen molar-refractivity contribution in [1.29, 1.82) is 0 Å². The van der Waals surface area contributed by atoms with Gasteiger partial charge in [0.15, 0.2) is 0 Å². The summed E-state index contributed by atoms with van der Waals surface area (Å²) in [7, 11) is 0. The van der Waals surface area contributed by atoms with Crippen LogP contribution in [0.1, 0.15) is 49.8 Å². The predicted octanol–water partition coefficient (Wildman–Crippen LogP) is 3.23. The van der Waals surface area contributed by atoms with Crippen molar-refractivity contribution < 1.29 is 0 Å². The van der Waals surface area contributed by atoms with E-state index >= 15 is 0 Å². The van der Waals surface area contributed by atoms with Gasteiger partial charge in [0.1, 0.15) is 0 Å². The van der Waals surface area contributed by atoms with Crippen molar-refractivity contribution in [2.24, 2.45) is 11.7 Å². The average Bonchev–Trinajstić information content (AvgIpc) is 2.33. The minimum absolute atomic E-state index is 0.284. The Morgan fingerprint density at radius 1 is 1.35 bits per heavy atom. The van der Waals surface area contributed by atoms with Gasteiger partial charge < -0.3 is 5.73 Å². The predicted molar refractivity (Wildman–Crippen MR) is 71.8 cm³/mol. The summed E-state index contributed by atoms with van der Waals surface area (Å²) in [5.41, 5.74) is 8.71. The molecule has 0 radical (unpaired) electrons. The van der Waals surface area contributed by atoms with E-state index in [-0.39, 0.29) is 6.04 Å². The third-order valence-electron chi connectivity index (χ3n) is 3.93. The standard InChI is InChI=1S/C15H24N2/c1-12-6-5-9-17-15(12)11-14(16)10-13-7-3-2-4-8-13/h5-6,9,13-14H,2-4,7-8,10-11,16H2,1H3. The maximum atomic E-state index is 6.27. The van der Waals surface area contributed by atoms with Crippen LogP contribution in [0.4, 0.5) is 0 Å². The van der Waals surface area contributed by atoms with Gasteiger partial charge in [0.05, 0.1) is 0 Å². The van der Waals surface area contributed by atoms with Gasteiger partial charge in [0.25, 0.3) is 0 Å². The second kappa shape index (κ2) is 6.15. The molecule has 1 unspecified atom stereocenters. The van der Waals surface area contributed by atoms with Crippen LogP contribution in [0, 0.1) is 12.8 Å². The maximum Gasteiger partial charge on any atom is 0.0448 e. The molecule has 0 spiro atoms. The Labute approximate surface area is 105 Å². The Bertz CT molecular complexity index is 343. The number of rotatable bonds is 4. The Morgan fingerprint density at radius 3 is 2.82 bits per heavy atom. The second-order valence-corrected chi connectivity index (χ2v) is 5.47. The molecule has 1 aromatic rings. The fourth-order valence-corrected chi connectivity index (χ4v) is 2.91. The van der Waals surface area contributed by atoms with Crippen LogP contribution in [-0.2, 0) is 6.42 Å².